The van der Waals surface area contributed by atoms with E-state index in [2.05, 4.69) is 0 Å². The molecular formula is C16H15ClFNO2S. The molecule has 0 aromatic heterocycles. The van der Waals surface area contributed by atoms with Gasteiger partial charge in [0.2, 0.25) is 5.91 Å². The van der Waals surface area contributed by atoms with Crippen molar-refractivity contribution in [3.63, 3.8) is 0 Å². The number of hydrogen-bond acceptors (Lipinski definition) is 2. The number of primary amides is 1. The maximum atomic E-state index is 13.8. The molecule has 2 aromatic carbocycles. The van der Waals surface area contributed by atoms with E-state index in [-0.39, 0.29) is 16.5 Å². The lowest BCUT2D eigenvalue weighted by Gasteiger charge is -2.12. The van der Waals surface area contributed by atoms with Crippen LogP contribution in [-0.4, -0.2) is 15.9 Å². The van der Waals surface area contributed by atoms with Gasteiger partial charge in [-0.25, -0.2) is 4.39 Å². The Kier molecular flexibility index (Phi) is 5.32. The van der Waals surface area contributed by atoms with E-state index in [4.69, 9.17) is 17.3 Å². The van der Waals surface area contributed by atoms with E-state index >= 15 is 0 Å². The standard InChI is InChI=1S/C16H15ClFNO2S/c1-10-6-14(17)15(18)7-13(10)12-5-3-2-4-11(12)8-22(21)9-16(19)20/h2-7H,8-9H2,1H3,(H2,19,20). The molecule has 6 heteroatoms. The number of hydrogen-bond donors (Lipinski definition) is 1. The van der Waals surface area contributed by atoms with Crippen molar-refractivity contribution in [1.29, 1.82) is 0 Å². The van der Waals surface area contributed by atoms with Crippen molar-refractivity contribution < 1.29 is 13.4 Å². The Hall–Kier alpha value is -1.72. The van der Waals surface area contributed by atoms with Crippen molar-refractivity contribution in [3.05, 3.63) is 58.4 Å². The van der Waals surface area contributed by atoms with Gasteiger partial charge in [0, 0.05) is 16.6 Å². The van der Waals surface area contributed by atoms with Gasteiger partial charge in [-0.15, -0.1) is 0 Å². The summed E-state index contributed by atoms with van der Waals surface area (Å²) in [5, 5.41) is 0.0658. The Morgan fingerprint density at radius 3 is 2.64 bits per heavy atom. The number of nitrogens with two attached hydrogens (primary N) is 1. The van der Waals surface area contributed by atoms with Gasteiger partial charge in [-0.2, -0.15) is 0 Å². The molecule has 1 amide bonds. The Balaban J connectivity index is 2.43. The van der Waals surface area contributed by atoms with Gasteiger partial charge >= 0.3 is 0 Å². The zero-order chi connectivity index (χ0) is 16.3. The Morgan fingerprint density at radius 2 is 1.95 bits per heavy atom. The van der Waals surface area contributed by atoms with E-state index in [0.717, 1.165) is 16.7 Å². The van der Waals surface area contributed by atoms with Crippen LogP contribution in [0.15, 0.2) is 36.4 Å². The first-order valence-corrected chi connectivity index (χ1v) is 8.42. The van der Waals surface area contributed by atoms with E-state index in [1.54, 1.807) is 12.1 Å². The molecule has 0 aliphatic heterocycles. The first-order chi connectivity index (χ1) is 10.4. The largest absolute Gasteiger partial charge is 0.369 e. The summed E-state index contributed by atoms with van der Waals surface area (Å²) in [6.07, 6.45) is 0. The summed E-state index contributed by atoms with van der Waals surface area (Å²) in [6.45, 7) is 1.83. The maximum absolute atomic E-state index is 13.8. The van der Waals surface area contributed by atoms with E-state index in [0.29, 0.717) is 5.56 Å². The third kappa shape index (κ3) is 3.93. The fourth-order valence-electron chi connectivity index (χ4n) is 2.23. The molecule has 0 saturated heterocycles. The van der Waals surface area contributed by atoms with Crippen LogP contribution in [0.5, 0.6) is 0 Å². The maximum Gasteiger partial charge on any atom is 0.230 e. The van der Waals surface area contributed by atoms with Gasteiger partial charge in [0.1, 0.15) is 11.6 Å². The minimum atomic E-state index is -1.40. The lowest BCUT2D eigenvalue weighted by molar-refractivity contribution is -0.115. The Bertz CT molecular complexity index is 749. The molecule has 2 aromatic rings. The van der Waals surface area contributed by atoms with Gasteiger partial charge in [-0.05, 0) is 41.3 Å². The third-order valence-electron chi connectivity index (χ3n) is 3.19. The zero-order valence-corrected chi connectivity index (χ0v) is 13.5. The Morgan fingerprint density at radius 1 is 1.27 bits per heavy atom. The second-order valence-corrected chi connectivity index (χ2v) is 6.80. The number of aryl methyl sites for hydroxylation is 1. The first-order valence-electron chi connectivity index (χ1n) is 6.55. The van der Waals surface area contributed by atoms with Gasteiger partial charge in [0.25, 0.3) is 0 Å². The molecule has 1 unspecified atom stereocenters. The van der Waals surface area contributed by atoms with Crippen molar-refractivity contribution in [2.45, 2.75) is 12.7 Å². The van der Waals surface area contributed by atoms with Crippen LogP contribution in [0.1, 0.15) is 11.1 Å². The average molecular weight is 340 g/mol. The van der Waals surface area contributed by atoms with Crippen LogP contribution in [0.25, 0.3) is 11.1 Å². The normalized spacial score (nSPS) is 12.1. The van der Waals surface area contributed by atoms with Gasteiger partial charge < -0.3 is 5.73 Å². The molecule has 0 bridgehead atoms. The van der Waals surface area contributed by atoms with Crippen LogP contribution in [0, 0.1) is 12.7 Å². The first kappa shape index (κ1) is 16.6. The van der Waals surface area contributed by atoms with E-state index in [9.17, 15) is 13.4 Å². The molecule has 0 spiro atoms. The van der Waals surface area contributed by atoms with Crippen LogP contribution in [-0.2, 0) is 21.3 Å². The monoisotopic (exact) mass is 339 g/mol. The molecule has 1 atom stereocenters. The number of carbonyl (C=O) groups is 1. The quantitative estimate of drug-likeness (QED) is 0.909. The molecular weight excluding hydrogens is 325 g/mol. The molecule has 0 aliphatic carbocycles. The summed E-state index contributed by atoms with van der Waals surface area (Å²) >= 11 is 5.78. The average Bonchev–Trinajstić information content (AvgIpc) is 2.43. The predicted molar refractivity (Wildman–Crippen MR) is 87.5 cm³/mol. The van der Waals surface area contributed by atoms with E-state index in [1.807, 2.05) is 25.1 Å². The molecule has 2 N–H and O–H groups in total. The minimum Gasteiger partial charge on any atom is -0.369 e. The number of benzene rings is 2. The second-order valence-electron chi connectivity index (χ2n) is 4.93. The van der Waals surface area contributed by atoms with Crippen molar-refractivity contribution >= 4 is 28.3 Å². The van der Waals surface area contributed by atoms with Crippen molar-refractivity contribution in [1.82, 2.24) is 0 Å². The topological polar surface area (TPSA) is 60.2 Å². The molecule has 22 heavy (non-hydrogen) atoms. The highest BCUT2D eigenvalue weighted by atomic mass is 35.5. The SMILES string of the molecule is Cc1cc(Cl)c(F)cc1-c1ccccc1CS(=O)CC(N)=O. The fraction of sp³-hybridized carbons (Fsp3) is 0.188. The van der Waals surface area contributed by atoms with Gasteiger partial charge in [0.05, 0.1) is 5.02 Å². The summed E-state index contributed by atoms with van der Waals surface area (Å²) in [7, 11) is -1.40. The molecule has 0 heterocycles. The van der Waals surface area contributed by atoms with Crippen molar-refractivity contribution in [3.8, 4) is 11.1 Å². The van der Waals surface area contributed by atoms with Crippen LogP contribution in [0.4, 0.5) is 4.39 Å². The van der Waals surface area contributed by atoms with E-state index in [1.165, 1.54) is 6.07 Å². The number of rotatable bonds is 5. The number of halogens is 2. The molecule has 116 valence electrons. The van der Waals surface area contributed by atoms with Crippen LogP contribution in [0.2, 0.25) is 5.02 Å². The molecule has 0 saturated carbocycles. The zero-order valence-electron chi connectivity index (χ0n) is 11.9. The summed E-state index contributed by atoms with van der Waals surface area (Å²) in [5.41, 5.74) is 8.11. The molecule has 0 radical (unpaired) electrons. The molecule has 3 nitrogen and oxygen atoms in total. The van der Waals surface area contributed by atoms with Crippen LogP contribution in [0.3, 0.4) is 0 Å². The molecule has 0 aliphatic rings. The molecule has 2 rings (SSSR count). The summed E-state index contributed by atoms with van der Waals surface area (Å²) in [6, 6.07) is 10.2. The minimum absolute atomic E-state index is 0.0658. The predicted octanol–water partition coefficient (Wildman–Crippen LogP) is 3.19. The highest BCUT2D eigenvalue weighted by molar-refractivity contribution is 7.84. The molecule has 0 fully saturated rings. The third-order valence-corrected chi connectivity index (χ3v) is 4.72. The van der Waals surface area contributed by atoms with Crippen molar-refractivity contribution in [2.24, 2.45) is 5.73 Å². The Labute approximate surface area is 135 Å². The van der Waals surface area contributed by atoms with Gasteiger partial charge in [-0.1, -0.05) is 35.9 Å². The van der Waals surface area contributed by atoms with E-state index < -0.39 is 22.5 Å². The lowest BCUT2D eigenvalue weighted by Crippen LogP contribution is -2.20. The van der Waals surface area contributed by atoms with Gasteiger partial charge in [-0.3, -0.25) is 9.00 Å². The summed E-state index contributed by atoms with van der Waals surface area (Å²) < 4.78 is 25.7. The van der Waals surface area contributed by atoms with Crippen LogP contribution < -0.4 is 5.73 Å². The lowest BCUT2D eigenvalue weighted by atomic mass is 9.96. The highest BCUT2D eigenvalue weighted by Crippen LogP contribution is 2.31. The summed E-state index contributed by atoms with van der Waals surface area (Å²) in [4.78, 5) is 10.9. The summed E-state index contributed by atoms with van der Waals surface area (Å²) in [5.74, 6) is -1.12. The van der Waals surface area contributed by atoms with Crippen molar-refractivity contribution in [2.75, 3.05) is 5.75 Å². The fourth-order valence-corrected chi connectivity index (χ4v) is 3.46. The second kappa shape index (κ2) is 7.03. The van der Waals surface area contributed by atoms with Gasteiger partial charge in [0.15, 0.2) is 0 Å². The van der Waals surface area contributed by atoms with Crippen LogP contribution >= 0.6 is 11.6 Å². The smallest absolute Gasteiger partial charge is 0.230 e. The highest BCUT2D eigenvalue weighted by Gasteiger charge is 2.13. The number of amides is 1. The number of carbonyl (C=O) groups excluding carboxylic acids is 1.